The molecule has 0 saturated heterocycles. The van der Waals surface area contributed by atoms with Crippen LogP contribution in [0.2, 0.25) is 0 Å². The number of nitrogens with zero attached hydrogens (tertiary/aromatic N) is 3. The average molecular weight is 262 g/mol. The molecule has 0 unspecified atom stereocenters. The zero-order chi connectivity index (χ0) is 14.0. The Labute approximate surface area is 110 Å². The maximum Gasteiger partial charge on any atom is 0.296 e. The number of aromatic nitrogens is 2. The van der Waals surface area contributed by atoms with E-state index in [0.717, 1.165) is 5.69 Å². The van der Waals surface area contributed by atoms with Gasteiger partial charge in [-0.2, -0.15) is 5.10 Å². The molecule has 2 rings (SSSR count). The number of benzene rings is 1. The van der Waals surface area contributed by atoms with E-state index in [-0.39, 0.29) is 5.69 Å². The van der Waals surface area contributed by atoms with Crippen LogP contribution in [0.4, 0.5) is 17.2 Å². The highest BCUT2D eigenvalue weighted by Gasteiger charge is 2.16. The first-order chi connectivity index (χ1) is 9.01. The van der Waals surface area contributed by atoms with Gasteiger partial charge in [-0.15, -0.1) is 0 Å². The van der Waals surface area contributed by atoms with Gasteiger partial charge in [0.25, 0.3) is 5.69 Å². The summed E-state index contributed by atoms with van der Waals surface area (Å²) in [6.45, 7) is 1.85. The summed E-state index contributed by atoms with van der Waals surface area (Å²) in [5.41, 5.74) is 1.19. The van der Waals surface area contributed by atoms with E-state index in [9.17, 15) is 10.1 Å². The predicted molar refractivity (Wildman–Crippen MR) is 70.9 cm³/mol. The van der Waals surface area contributed by atoms with Gasteiger partial charge in [0.05, 0.1) is 23.8 Å². The molecule has 0 radical (unpaired) electrons. The van der Waals surface area contributed by atoms with Gasteiger partial charge in [0.1, 0.15) is 17.3 Å². The van der Waals surface area contributed by atoms with E-state index in [2.05, 4.69) is 10.4 Å². The summed E-state index contributed by atoms with van der Waals surface area (Å²) in [5, 5.41) is 18.2. The molecule has 7 nitrogen and oxygen atoms in total. The Bertz CT molecular complexity index is 621. The van der Waals surface area contributed by atoms with Crippen LogP contribution < -0.4 is 10.1 Å². The highest BCUT2D eigenvalue weighted by Crippen LogP contribution is 2.31. The lowest BCUT2D eigenvalue weighted by atomic mass is 10.2. The van der Waals surface area contributed by atoms with Crippen molar-refractivity contribution in [2.24, 2.45) is 7.05 Å². The third-order valence-electron chi connectivity index (χ3n) is 2.67. The summed E-state index contributed by atoms with van der Waals surface area (Å²) in [4.78, 5) is 10.6. The van der Waals surface area contributed by atoms with Gasteiger partial charge in [-0.25, -0.2) is 0 Å². The number of rotatable bonds is 4. The minimum atomic E-state index is -0.450. The minimum absolute atomic E-state index is 0.0433. The van der Waals surface area contributed by atoms with Crippen molar-refractivity contribution in [2.75, 3.05) is 12.4 Å². The van der Waals surface area contributed by atoms with Gasteiger partial charge in [-0.1, -0.05) is 0 Å². The second kappa shape index (κ2) is 4.97. The Morgan fingerprint density at radius 1 is 1.42 bits per heavy atom. The average Bonchev–Trinajstić information content (AvgIpc) is 2.68. The molecule has 100 valence electrons. The summed E-state index contributed by atoms with van der Waals surface area (Å²) < 4.78 is 6.62. The van der Waals surface area contributed by atoms with Crippen molar-refractivity contribution in [3.8, 4) is 5.75 Å². The van der Waals surface area contributed by atoms with E-state index < -0.39 is 4.92 Å². The number of nitro benzene ring substituents is 1. The standard InChI is InChI=1S/C12H14N4O3/c1-8-6-12(15(2)14-8)13-10-5-4-9(19-3)7-11(10)16(17)18/h4-7,13H,1-3H3. The summed E-state index contributed by atoms with van der Waals surface area (Å²) >= 11 is 0. The van der Waals surface area contributed by atoms with E-state index in [0.29, 0.717) is 17.3 Å². The monoisotopic (exact) mass is 262 g/mol. The summed E-state index contributed by atoms with van der Waals surface area (Å²) in [6, 6.07) is 6.47. The van der Waals surface area contributed by atoms with Gasteiger partial charge >= 0.3 is 0 Å². The molecule has 2 aromatic rings. The number of ether oxygens (including phenoxy) is 1. The molecule has 0 atom stereocenters. The van der Waals surface area contributed by atoms with Gasteiger partial charge in [0.15, 0.2) is 0 Å². The van der Waals surface area contributed by atoms with E-state index in [1.165, 1.54) is 13.2 Å². The van der Waals surface area contributed by atoms with Crippen LogP contribution in [-0.4, -0.2) is 21.8 Å². The van der Waals surface area contributed by atoms with Crippen LogP contribution in [0.3, 0.4) is 0 Å². The highest BCUT2D eigenvalue weighted by molar-refractivity contribution is 5.69. The van der Waals surface area contributed by atoms with E-state index in [1.807, 2.05) is 13.0 Å². The molecule has 1 aromatic carbocycles. The van der Waals surface area contributed by atoms with Gasteiger partial charge in [0, 0.05) is 13.1 Å². The van der Waals surface area contributed by atoms with Crippen LogP contribution in [-0.2, 0) is 7.05 Å². The molecule has 0 aliphatic carbocycles. The molecule has 19 heavy (non-hydrogen) atoms. The molecule has 0 saturated carbocycles. The lowest BCUT2D eigenvalue weighted by Crippen LogP contribution is -2.02. The van der Waals surface area contributed by atoms with Crippen LogP contribution in [0.1, 0.15) is 5.69 Å². The van der Waals surface area contributed by atoms with Gasteiger partial charge < -0.3 is 10.1 Å². The second-order valence-corrected chi connectivity index (χ2v) is 4.06. The fourth-order valence-electron chi connectivity index (χ4n) is 1.76. The maximum atomic E-state index is 11.1. The van der Waals surface area contributed by atoms with Crippen LogP contribution in [0, 0.1) is 17.0 Å². The first-order valence-electron chi connectivity index (χ1n) is 5.61. The number of methoxy groups -OCH3 is 1. The molecule has 0 aliphatic heterocycles. The van der Waals surface area contributed by atoms with Gasteiger partial charge in [0.2, 0.25) is 0 Å². The summed E-state index contributed by atoms with van der Waals surface area (Å²) in [7, 11) is 3.24. The molecule has 0 bridgehead atoms. The molecule has 7 heteroatoms. The lowest BCUT2D eigenvalue weighted by Gasteiger charge is -2.08. The molecule has 0 fully saturated rings. The summed E-state index contributed by atoms with van der Waals surface area (Å²) in [5.74, 6) is 1.13. The van der Waals surface area contributed by atoms with Crippen LogP contribution in [0.25, 0.3) is 0 Å². The number of aryl methyl sites for hydroxylation is 2. The Morgan fingerprint density at radius 2 is 2.16 bits per heavy atom. The quantitative estimate of drug-likeness (QED) is 0.675. The zero-order valence-electron chi connectivity index (χ0n) is 10.9. The van der Waals surface area contributed by atoms with Crippen molar-refractivity contribution in [1.82, 2.24) is 9.78 Å². The lowest BCUT2D eigenvalue weighted by molar-refractivity contribution is -0.384. The van der Waals surface area contributed by atoms with Gasteiger partial charge in [-0.05, 0) is 19.1 Å². The Hall–Kier alpha value is -2.57. The number of nitro groups is 1. The molecule has 0 aliphatic rings. The topological polar surface area (TPSA) is 82.2 Å². The minimum Gasteiger partial charge on any atom is -0.496 e. The van der Waals surface area contributed by atoms with Crippen molar-refractivity contribution in [3.05, 3.63) is 40.1 Å². The number of hydrogen-bond donors (Lipinski definition) is 1. The molecule has 1 heterocycles. The Morgan fingerprint density at radius 3 is 2.68 bits per heavy atom. The third-order valence-corrected chi connectivity index (χ3v) is 2.67. The molecular weight excluding hydrogens is 248 g/mol. The van der Waals surface area contributed by atoms with Crippen LogP contribution in [0.15, 0.2) is 24.3 Å². The van der Waals surface area contributed by atoms with Crippen molar-refractivity contribution in [1.29, 1.82) is 0 Å². The second-order valence-electron chi connectivity index (χ2n) is 4.06. The van der Waals surface area contributed by atoms with Crippen molar-refractivity contribution < 1.29 is 9.66 Å². The molecular formula is C12H14N4O3. The van der Waals surface area contributed by atoms with Crippen molar-refractivity contribution in [2.45, 2.75) is 6.92 Å². The van der Waals surface area contributed by atoms with Crippen LogP contribution >= 0.6 is 0 Å². The first-order valence-corrected chi connectivity index (χ1v) is 5.61. The van der Waals surface area contributed by atoms with E-state index in [4.69, 9.17) is 4.74 Å². The summed E-state index contributed by atoms with van der Waals surface area (Å²) in [6.07, 6.45) is 0. The number of anilines is 2. The van der Waals surface area contributed by atoms with E-state index in [1.54, 1.807) is 23.9 Å². The normalized spacial score (nSPS) is 10.3. The smallest absolute Gasteiger partial charge is 0.296 e. The highest BCUT2D eigenvalue weighted by atomic mass is 16.6. The fourth-order valence-corrected chi connectivity index (χ4v) is 1.76. The van der Waals surface area contributed by atoms with Crippen molar-refractivity contribution in [3.63, 3.8) is 0 Å². The molecule has 1 N–H and O–H groups in total. The third kappa shape index (κ3) is 2.65. The molecule has 0 spiro atoms. The maximum absolute atomic E-state index is 11.1. The largest absolute Gasteiger partial charge is 0.496 e. The predicted octanol–water partition coefficient (Wildman–Crippen LogP) is 2.39. The Balaban J connectivity index is 2.39. The molecule has 1 aromatic heterocycles. The zero-order valence-corrected chi connectivity index (χ0v) is 10.9. The number of nitrogens with one attached hydrogen (secondary N) is 1. The molecule has 0 amide bonds. The van der Waals surface area contributed by atoms with Crippen molar-refractivity contribution >= 4 is 17.2 Å². The SMILES string of the molecule is COc1ccc(Nc2cc(C)nn2C)c([N+](=O)[O-])c1. The fraction of sp³-hybridized carbons (Fsp3) is 0.250. The van der Waals surface area contributed by atoms with E-state index >= 15 is 0 Å². The Kier molecular flexibility index (Phi) is 3.37. The van der Waals surface area contributed by atoms with Crippen LogP contribution in [0.5, 0.6) is 5.75 Å². The number of hydrogen-bond acceptors (Lipinski definition) is 5. The first kappa shape index (κ1) is 12.9. The van der Waals surface area contributed by atoms with Gasteiger partial charge in [-0.3, -0.25) is 14.8 Å².